The molecule has 1 saturated carbocycles. The number of fused-ring (bicyclic) bond motifs is 1. The van der Waals surface area contributed by atoms with E-state index in [2.05, 4.69) is 15.0 Å². The number of alkyl halides is 3. The van der Waals surface area contributed by atoms with Crippen LogP contribution in [0.25, 0.3) is 0 Å². The van der Waals surface area contributed by atoms with E-state index in [1.165, 1.54) is 7.11 Å². The lowest BCUT2D eigenvalue weighted by atomic mass is 9.93. The van der Waals surface area contributed by atoms with E-state index in [4.69, 9.17) is 44.1 Å². The van der Waals surface area contributed by atoms with Gasteiger partial charge in [0.15, 0.2) is 5.82 Å². The maximum Gasteiger partial charge on any atom is 0.418 e. The van der Waals surface area contributed by atoms with Gasteiger partial charge in [-0.05, 0) is 25.3 Å². The zero-order chi connectivity index (χ0) is 31.2. The van der Waals surface area contributed by atoms with Gasteiger partial charge in [0.05, 0.1) is 59.1 Å². The summed E-state index contributed by atoms with van der Waals surface area (Å²) in [5.74, 6) is -1.28. The number of carbonyl (C=O) groups excluding carboxylic acids is 1. The summed E-state index contributed by atoms with van der Waals surface area (Å²) in [5, 5.41) is -0.705. The van der Waals surface area contributed by atoms with Crippen molar-refractivity contribution >= 4 is 46.3 Å². The smallest absolute Gasteiger partial charge is 0.418 e. The molecule has 10 nitrogen and oxygen atoms in total. The number of ether oxygens (including phenoxy) is 2. The molecule has 1 unspecified atom stereocenters. The van der Waals surface area contributed by atoms with Gasteiger partial charge < -0.3 is 30.7 Å². The average Bonchev–Trinajstić information content (AvgIpc) is 3.83. The minimum Gasteiger partial charge on any atom is -0.467 e. The van der Waals surface area contributed by atoms with Gasteiger partial charge in [0.1, 0.15) is 11.5 Å². The lowest BCUT2D eigenvalue weighted by Crippen LogP contribution is -2.36. The lowest BCUT2D eigenvalue weighted by molar-refractivity contribution is -0.140. The number of amides is 1. The quantitative estimate of drug-likeness (QED) is 0.269. The summed E-state index contributed by atoms with van der Waals surface area (Å²) in [4.78, 5) is 29.6. The number of nitrogens with two attached hydrogens (primary N) is 2. The van der Waals surface area contributed by atoms with Gasteiger partial charge in [0.2, 0.25) is 0 Å². The van der Waals surface area contributed by atoms with E-state index in [9.17, 15) is 18.0 Å². The predicted octanol–water partition coefficient (Wildman–Crippen LogP) is 4.37. The van der Waals surface area contributed by atoms with Crippen LogP contribution in [0, 0.1) is 5.82 Å². The largest absolute Gasteiger partial charge is 0.467 e. The summed E-state index contributed by atoms with van der Waals surface area (Å²) in [5.41, 5.74) is 10.1. The van der Waals surface area contributed by atoms with Crippen LogP contribution in [-0.2, 0) is 28.7 Å². The number of nitrogens with zero attached hydrogens (tertiary/aromatic N) is 5. The Labute approximate surface area is 254 Å². The van der Waals surface area contributed by atoms with Crippen LogP contribution >= 0.6 is 23.2 Å². The van der Waals surface area contributed by atoms with Crippen molar-refractivity contribution < 1.29 is 31.8 Å². The molecule has 0 bridgehead atoms. The molecule has 1 fully saturated rings. The van der Waals surface area contributed by atoms with Crippen LogP contribution in [0.1, 0.15) is 47.8 Å². The molecule has 1 atom stereocenters. The van der Waals surface area contributed by atoms with Crippen LogP contribution in [0.2, 0.25) is 5.02 Å². The highest BCUT2D eigenvalue weighted by molar-refractivity contribution is 6.45. The van der Waals surface area contributed by atoms with E-state index in [0.717, 1.165) is 18.9 Å². The maximum absolute atomic E-state index is 15.1. The van der Waals surface area contributed by atoms with Crippen molar-refractivity contribution in [3.05, 3.63) is 50.0 Å². The van der Waals surface area contributed by atoms with Crippen molar-refractivity contribution in [1.82, 2.24) is 14.9 Å². The Morgan fingerprint density at radius 2 is 2.00 bits per heavy atom. The van der Waals surface area contributed by atoms with Gasteiger partial charge in [-0.2, -0.15) is 23.1 Å². The molecule has 16 heteroatoms. The van der Waals surface area contributed by atoms with Crippen LogP contribution in [0.5, 0.6) is 6.01 Å². The first-order valence-corrected chi connectivity index (χ1v) is 14.2. The maximum atomic E-state index is 15.1. The zero-order valence-corrected chi connectivity index (χ0v) is 24.8. The number of aliphatic imine (C=N–C) groups is 1. The Kier molecular flexibility index (Phi) is 8.65. The van der Waals surface area contributed by atoms with E-state index in [1.54, 1.807) is 11.9 Å². The van der Waals surface area contributed by atoms with Crippen molar-refractivity contribution in [1.29, 1.82) is 0 Å². The number of hydrogen-bond donors (Lipinski definition) is 2. The number of hydrogen-bond acceptors (Lipinski definition) is 9. The molecule has 1 amide bonds. The number of halogens is 6. The molecule has 1 aliphatic carbocycles. The van der Waals surface area contributed by atoms with E-state index in [1.807, 2.05) is 4.90 Å². The third kappa shape index (κ3) is 6.18. The highest BCUT2D eigenvalue weighted by atomic mass is 35.5. The van der Waals surface area contributed by atoms with E-state index >= 15 is 4.39 Å². The number of rotatable bonds is 6. The molecule has 43 heavy (non-hydrogen) atoms. The van der Waals surface area contributed by atoms with Gasteiger partial charge >= 0.3 is 12.2 Å². The van der Waals surface area contributed by atoms with Gasteiger partial charge in [-0.15, -0.1) is 0 Å². The van der Waals surface area contributed by atoms with Crippen LogP contribution < -0.4 is 21.1 Å². The highest BCUT2D eigenvalue weighted by Gasteiger charge is 2.42. The minimum absolute atomic E-state index is 0.0318. The number of likely N-dealkylation sites (N-methyl/N-ethyl adjacent to an activating group) is 1. The van der Waals surface area contributed by atoms with Gasteiger partial charge in [0, 0.05) is 43.7 Å². The number of nitrogen functional groups attached to an aromatic ring is 1. The van der Waals surface area contributed by atoms with Crippen LogP contribution in [0.15, 0.2) is 21.8 Å². The molecule has 2 aromatic rings. The molecule has 3 heterocycles. The number of anilines is 2. The van der Waals surface area contributed by atoms with Crippen molar-refractivity contribution in [2.45, 2.75) is 50.6 Å². The highest BCUT2D eigenvalue weighted by Crippen LogP contribution is 2.46. The molecular formula is C27H29Cl2F4N7O3. The van der Waals surface area contributed by atoms with Crippen molar-refractivity contribution in [2.24, 2.45) is 10.7 Å². The Balaban J connectivity index is 1.49. The molecule has 0 saturated heterocycles. The van der Waals surface area contributed by atoms with Gasteiger partial charge in [-0.3, -0.25) is 9.79 Å². The molecule has 1 aromatic carbocycles. The fourth-order valence-electron chi connectivity index (χ4n) is 5.20. The summed E-state index contributed by atoms with van der Waals surface area (Å²) in [6.45, 7) is 0.733. The molecular weight excluding hydrogens is 617 g/mol. The monoisotopic (exact) mass is 645 g/mol. The third-order valence-corrected chi connectivity index (χ3v) is 8.31. The Morgan fingerprint density at radius 1 is 1.28 bits per heavy atom. The fourth-order valence-corrected chi connectivity index (χ4v) is 5.72. The Bertz CT molecular complexity index is 1510. The number of aromatic nitrogens is 2. The first kappa shape index (κ1) is 31.1. The van der Waals surface area contributed by atoms with Crippen molar-refractivity contribution in [3.63, 3.8) is 0 Å². The zero-order valence-electron chi connectivity index (χ0n) is 23.3. The molecule has 2 aliphatic heterocycles. The summed E-state index contributed by atoms with van der Waals surface area (Å²) in [6, 6.07) is 0.809. The van der Waals surface area contributed by atoms with Gasteiger partial charge in [-0.25, -0.2) is 4.39 Å². The van der Waals surface area contributed by atoms with Crippen LogP contribution in [-0.4, -0.2) is 66.3 Å². The summed E-state index contributed by atoms with van der Waals surface area (Å²) in [7, 11) is 3.02. The third-order valence-electron chi connectivity index (χ3n) is 7.59. The Hall–Kier alpha value is -3.36. The van der Waals surface area contributed by atoms with Crippen molar-refractivity contribution in [3.8, 4) is 6.01 Å². The van der Waals surface area contributed by atoms with E-state index in [-0.39, 0.29) is 42.4 Å². The SMILES string of the molecule is COc1nc2c(c(N3CCCN=C(/C(Cl)=C(\N)C(=O)N(C)C4CC4)C3)n1)COC(c1c(F)c(N)cc(Cl)c1C(F)(F)F)C2. The summed E-state index contributed by atoms with van der Waals surface area (Å²) >= 11 is 12.5. The van der Waals surface area contributed by atoms with Gasteiger partial charge in [0.25, 0.3) is 5.91 Å². The van der Waals surface area contributed by atoms with E-state index < -0.39 is 45.8 Å². The summed E-state index contributed by atoms with van der Waals surface area (Å²) < 4.78 is 68.2. The second-order valence-electron chi connectivity index (χ2n) is 10.5. The second kappa shape index (κ2) is 12.0. The van der Waals surface area contributed by atoms with E-state index in [0.29, 0.717) is 42.3 Å². The number of carbonyl (C=O) groups is 1. The standard InChI is InChI=1S/C27H29Cl2F4N7O3/c1-39(12-4-5-12)25(41)23(35)21(29)17-10-40(7-3-6-36-17)24-13-11-43-18(9-16(13)37-26(38-24)42-2)19-20(27(31,32)33)14(28)8-15(34)22(19)30/h8,12,18H,3-7,9-11,34-35H2,1-2H3/b23-21+. The molecule has 232 valence electrons. The first-order chi connectivity index (χ1) is 20.3. The lowest BCUT2D eigenvalue weighted by Gasteiger charge is -2.32. The molecule has 0 spiro atoms. The molecule has 5 rings (SSSR count). The van der Waals surface area contributed by atoms with Crippen LogP contribution in [0.3, 0.4) is 0 Å². The van der Waals surface area contributed by atoms with Crippen LogP contribution in [0.4, 0.5) is 29.1 Å². The van der Waals surface area contributed by atoms with Gasteiger partial charge in [-0.1, -0.05) is 23.2 Å². The first-order valence-electron chi connectivity index (χ1n) is 13.4. The molecule has 1 aromatic heterocycles. The Morgan fingerprint density at radius 3 is 2.65 bits per heavy atom. The summed E-state index contributed by atoms with van der Waals surface area (Å²) in [6.07, 6.45) is -4.21. The molecule has 3 aliphatic rings. The second-order valence-corrected chi connectivity index (χ2v) is 11.3. The minimum atomic E-state index is -4.97. The van der Waals surface area contributed by atoms with Crippen molar-refractivity contribution in [2.75, 3.05) is 44.4 Å². The average molecular weight is 646 g/mol. The fraction of sp³-hybridized carbons (Fsp3) is 0.481. The molecule has 4 N–H and O–H groups in total. The number of methoxy groups -OCH3 is 1. The predicted molar refractivity (Wildman–Crippen MR) is 153 cm³/mol. The number of benzene rings is 1. The molecule has 0 radical (unpaired) electrons. The normalized spacial score (nSPS) is 19.7. The topological polar surface area (TPSA) is 132 Å².